The molecule has 25 heavy (non-hydrogen) atoms. The normalized spacial score (nSPS) is 12.1. The fourth-order valence-corrected chi connectivity index (χ4v) is 2.08. The summed E-state index contributed by atoms with van der Waals surface area (Å²) in [6, 6.07) is 4.70. The van der Waals surface area contributed by atoms with Crippen LogP contribution in [0.3, 0.4) is 0 Å². The van der Waals surface area contributed by atoms with Crippen molar-refractivity contribution >= 4 is 18.1 Å². The minimum atomic E-state index is -4.34. The van der Waals surface area contributed by atoms with Crippen molar-refractivity contribution in [2.24, 2.45) is 0 Å². The number of alkyl halides is 3. The maximum absolute atomic E-state index is 12.4. The molecule has 1 aromatic rings. The SMILES string of the molecule is CC(C)(C)OC(=O)NCCOCCOSc1ccc(C(F)(F)F)cc1. The molecule has 0 heterocycles. The zero-order valence-corrected chi connectivity index (χ0v) is 15.1. The van der Waals surface area contributed by atoms with Crippen LogP contribution in [0.2, 0.25) is 0 Å². The van der Waals surface area contributed by atoms with E-state index in [-0.39, 0.29) is 6.61 Å². The summed E-state index contributed by atoms with van der Waals surface area (Å²) in [5.41, 5.74) is -1.24. The second-order valence-corrected chi connectivity index (χ2v) is 6.84. The van der Waals surface area contributed by atoms with Gasteiger partial charge in [-0.1, -0.05) is 0 Å². The Bertz CT molecular complexity index is 530. The zero-order valence-electron chi connectivity index (χ0n) is 14.3. The van der Waals surface area contributed by atoms with Crippen molar-refractivity contribution in [3.05, 3.63) is 29.8 Å². The highest BCUT2D eigenvalue weighted by molar-refractivity contribution is 7.94. The third-order valence-corrected chi connectivity index (χ3v) is 3.31. The van der Waals surface area contributed by atoms with E-state index in [1.807, 2.05) is 0 Å². The van der Waals surface area contributed by atoms with E-state index in [0.717, 1.165) is 24.2 Å². The summed E-state index contributed by atoms with van der Waals surface area (Å²) >= 11 is 0.978. The molecular weight excluding hydrogens is 359 g/mol. The molecule has 1 aromatic carbocycles. The van der Waals surface area contributed by atoms with Crippen LogP contribution in [0.1, 0.15) is 26.3 Å². The molecule has 0 atom stereocenters. The maximum Gasteiger partial charge on any atom is 0.416 e. The molecule has 0 bridgehead atoms. The van der Waals surface area contributed by atoms with Gasteiger partial charge in [-0.05, 0) is 45.0 Å². The number of nitrogens with one attached hydrogen (secondary N) is 1. The molecule has 0 spiro atoms. The topological polar surface area (TPSA) is 56.8 Å². The Labute approximate surface area is 149 Å². The van der Waals surface area contributed by atoms with Crippen LogP contribution < -0.4 is 5.32 Å². The van der Waals surface area contributed by atoms with Crippen LogP contribution >= 0.6 is 12.0 Å². The Morgan fingerprint density at radius 2 is 1.72 bits per heavy atom. The lowest BCUT2D eigenvalue weighted by atomic mass is 10.2. The number of carbonyl (C=O) groups excluding carboxylic acids is 1. The molecule has 0 aliphatic heterocycles. The maximum atomic E-state index is 12.4. The number of alkyl carbamates (subject to hydrolysis) is 1. The number of halogens is 3. The van der Waals surface area contributed by atoms with Crippen molar-refractivity contribution in [2.75, 3.05) is 26.4 Å². The van der Waals surface area contributed by atoms with Gasteiger partial charge in [0, 0.05) is 23.5 Å². The third kappa shape index (κ3) is 10.2. The fraction of sp³-hybridized carbons (Fsp3) is 0.562. The first kappa shape index (κ1) is 21.6. The molecule has 0 saturated carbocycles. The average Bonchev–Trinajstić information content (AvgIpc) is 2.47. The van der Waals surface area contributed by atoms with Crippen LogP contribution in [0.5, 0.6) is 0 Å². The highest BCUT2D eigenvalue weighted by Gasteiger charge is 2.29. The third-order valence-electron chi connectivity index (χ3n) is 2.56. The number of rotatable bonds is 8. The molecule has 0 radical (unpaired) electrons. The number of ether oxygens (including phenoxy) is 2. The number of hydrogen-bond acceptors (Lipinski definition) is 5. The number of benzene rings is 1. The Morgan fingerprint density at radius 1 is 1.08 bits per heavy atom. The van der Waals surface area contributed by atoms with Gasteiger partial charge < -0.3 is 19.0 Å². The Hall–Kier alpha value is -1.45. The van der Waals surface area contributed by atoms with Gasteiger partial charge in [0.05, 0.1) is 25.4 Å². The lowest BCUT2D eigenvalue weighted by Crippen LogP contribution is -2.34. The Balaban J connectivity index is 2.06. The first-order valence-electron chi connectivity index (χ1n) is 7.59. The molecule has 0 aromatic heterocycles. The summed E-state index contributed by atoms with van der Waals surface area (Å²) in [6.07, 6.45) is -4.85. The van der Waals surface area contributed by atoms with Gasteiger partial charge >= 0.3 is 12.3 Å². The van der Waals surface area contributed by atoms with E-state index in [1.54, 1.807) is 20.8 Å². The molecule has 0 fully saturated rings. The van der Waals surface area contributed by atoms with Crippen LogP contribution in [-0.4, -0.2) is 38.1 Å². The van der Waals surface area contributed by atoms with Gasteiger partial charge in [-0.3, -0.25) is 0 Å². The molecule has 1 N–H and O–H groups in total. The summed E-state index contributed by atoms with van der Waals surface area (Å²) in [5, 5.41) is 2.55. The quantitative estimate of drug-likeness (QED) is 0.538. The van der Waals surface area contributed by atoms with Gasteiger partial charge in [-0.25, -0.2) is 4.79 Å². The fourth-order valence-electron chi connectivity index (χ4n) is 1.54. The Morgan fingerprint density at radius 3 is 2.28 bits per heavy atom. The van der Waals surface area contributed by atoms with Crippen LogP contribution in [0.4, 0.5) is 18.0 Å². The molecule has 0 saturated heterocycles. The standard InChI is InChI=1S/C16H22F3NO4S/c1-15(2,3)24-14(21)20-8-9-22-10-11-23-25-13-6-4-12(5-7-13)16(17,18)19/h4-7H,8-11H2,1-3H3,(H,20,21). The second kappa shape index (κ2) is 9.88. The van der Waals surface area contributed by atoms with Gasteiger partial charge in [0.1, 0.15) is 5.60 Å². The van der Waals surface area contributed by atoms with Crippen LogP contribution in [-0.2, 0) is 19.8 Å². The van der Waals surface area contributed by atoms with Gasteiger partial charge in [-0.15, -0.1) is 0 Å². The predicted octanol–water partition coefficient (Wildman–Crippen LogP) is 4.27. The minimum Gasteiger partial charge on any atom is -0.444 e. The molecule has 0 unspecified atom stereocenters. The van der Waals surface area contributed by atoms with E-state index in [4.69, 9.17) is 13.7 Å². The first-order chi connectivity index (χ1) is 11.6. The summed E-state index contributed by atoms with van der Waals surface area (Å²) in [7, 11) is 0. The van der Waals surface area contributed by atoms with Crippen molar-refractivity contribution < 1.29 is 31.6 Å². The molecule has 0 aliphatic carbocycles. The molecule has 5 nitrogen and oxygen atoms in total. The van der Waals surface area contributed by atoms with Gasteiger partial charge in [-0.2, -0.15) is 13.2 Å². The summed E-state index contributed by atoms with van der Waals surface area (Å²) < 4.78 is 52.8. The van der Waals surface area contributed by atoms with E-state index >= 15 is 0 Å². The van der Waals surface area contributed by atoms with Crippen molar-refractivity contribution in [3.8, 4) is 0 Å². The van der Waals surface area contributed by atoms with Gasteiger partial charge in [0.2, 0.25) is 0 Å². The number of carbonyl (C=O) groups is 1. The zero-order chi connectivity index (χ0) is 18.9. The van der Waals surface area contributed by atoms with Gasteiger partial charge in [0.25, 0.3) is 0 Å². The Kier molecular flexibility index (Phi) is 8.54. The van der Waals surface area contributed by atoms with Crippen molar-refractivity contribution in [1.82, 2.24) is 5.32 Å². The lowest BCUT2D eigenvalue weighted by Gasteiger charge is -2.19. The van der Waals surface area contributed by atoms with E-state index in [1.165, 1.54) is 12.1 Å². The largest absolute Gasteiger partial charge is 0.444 e. The number of hydrogen-bond donors (Lipinski definition) is 1. The van der Waals surface area contributed by atoms with Crippen molar-refractivity contribution in [3.63, 3.8) is 0 Å². The molecule has 1 amide bonds. The molecule has 0 aliphatic rings. The highest BCUT2D eigenvalue weighted by atomic mass is 32.2. The van der Waals surface area contributed by atoms with E-state index in [9.17, 15) is 18.0 Å². The van der Waals surface area contributed by atoms with Gasteiger partial charge in [0.15, 0.2) is 0 Å². The predicted molar refractivity (Wildman–Crippen MR) is 88.3 cm³/mol. The van der Waals surface area contributed by atoms with Crippen LogP contribution in [0, 0.1) is 0 Å². The highest BCUT2D eigenvalue weighted by Crippen LogP contribution is 2.30. The van der Waals surface area contributed by atoms with E-state index < -0.39 is 23.4 Å². The number of amides is 1. The summed E-state index contributed by atoms with van der Waals surface area (Å²) in [4.78, 5) is 11.9. The van der Waals surface area contributed by atoms with E-state index in [2.05, 4.69) is 5.32 Å². The summed E-state index contributed by atoms with van der Waals surface area (Å²) in [5.74, 6) is 0. The van der Waals surface area contributed by atoms with Crippen LogP contribution in [0.15, 0.2) is 29.2 Å². The molecule has 142 valence electrons. The smallest absolute Gasteiger partial charge is 0.416 e. The van der Waals surface area contributed by atoms with Crippen LogP contribution in [0.25, 0.3) is 0 Å². The van der Waals surface area contributed by atoms with Crippen molar-refractivity contribution in [1.29, 1.82) is 0 Å². The second-order valence-electron chi connectivity index (χ2n) is 5.97. The van der Waals surface area contributed by atoms with Crippen molar-refractivity contribution in [2.45, 2.75) is 37.4 Å². The molecular formula is C16H22F3NO4S. The molecule has 9 heteroatoms. The monoisotopic (exact) mass is 381 g/mol. The average molecular weight is 381 g/mol. The molecule has 1 rings (SSSR count). The summed E-state index contributed by atoms with van der Waals surface area (Å²) in [6.45, 7) is 6.48. The first-order valence-corrected chi connectivity index (χ1v) is 8.33. The lowest BCUT2D eigenvalue weighted by molar-refractivity contribution is -0.137. The van der Waals surface area contributed by atoms with E-state index in [0.29, 0.717) is 24.7 Å². The minimum absolute atomic E-state index is 0.262.